The Balaban J connectivity index is 2.37. The van der Waals surface area contributed by atoms with Gasteiger partial charge in [-0.2, -0.15) is 0 Å². The van der Waals surface area contributed by atoms with Gasteiger partial charge in [0.25, 0.3) is 0 Å². The number of hydrogen-bond acceptors (Lipinski definition) is 3. The number of aromatic nitrogens is 1. The third kappa shape index (κ3) is 2.85. The molecular formula is C14H6Br2ClNO2S. The van der Waals surface area contributed by atoms with E-state index in [0.717, 1.165) is 13.8 Å². The lowest BCUT2D eigenvalue weighted by atomic mass is 10.1. The number of nitrogens with zero attached hydrogens (tertiary/aromatic N) is 1. The number of carbonyl (C=O) groups is 1. The summed E-state index contributed by atoms with van der Waals surface area (Å²) >= 11 is 14.1. The minimum absolute atomic E-state index is 0.210. The Bertz CT molecular complexity index is 879. The highest BCUT2D eigenvalue weighted by atomic mass is 79.9. The van der Waals surface area contributed by atoms with Gasteiger partial charge in [0.05, 0.1) is 26.0 Å². The van der Waals surface area contributed by atoms with E-state index in [-0.39, 0.29) is 5.56 Å². The molecule has 106 valence electrons. The van der Waals surface area contributed by atoms with E-state index in [4.69, 9.17) is 11.6 Å². The lowest BCUT2D eigenvalue weighted by Crippen LogP contribution is -2.00. The number of hydrogen-bond donors (Lipinski definition) is 1. The van der Waals surface area contributed by atoms with Crippen molar-refractivity contribution in [2.24, 2.45) is 0 Å². The molecule has 3 rings (SSSR count). The van der Waals surface area contributed by atoms with E-state index in [0.29, 0.717) is 20.9 Å². The first-order valence-corrected chi connectivity index (χ1v) is 8.52. The Kier molecular flexibility index (Phi) is 4.05. The number of pyridine rings is 1. The number of benzene rings is 1. The number of aromatic carboxylic acids is 1. The van der Waals surface area contributed by atoms with Gasteiger partial charge < -0.3 is 5.11 Å². The third-order valence-corrected chi connectivity index (χ3v) is 5.20. The monoisotopic (exact) mass is 445 g/mol. The zero-order chi connectivity index (χ0) is 15.1. The summed E-state index contributed by atoms with van der Waals surface area (Å²) < 4.78 is 2.16. The molecule has 21 heavy (non-hydrogen) atoms. The van der Waals surface area contributed by atoms with Crippen molar-refractivity contribution in [2.75, 3.05) is 0 Å². The molecule has 0 atom stereocenters. The summed E-state index contributed by atoms with van der Waals surface area (Å²) in [6, 6.07) is 8.77. The molecule has 0 spiro atoms. The lowest BCUT2D eigenvalue weighted by Gasteiger charge is -2.08. The van der Waals surface area contributed by atoms with Crippen molar-refractivity contribution in [3.63, 3.8) is 0 Å². The van der Waals surface area contributed by atoms with Crippen molar-refractivity contribution in [2.45, 2.75) is 0 Å². The fraction of sp³-hybridized carbons (Fsp3) is 0. The summed E-state index contributed by atoms with van der Waals surface area (Å²) in [6.45, 7) is 0. The minimum Gasteiger partial charge on any atom is -0.478 e. The Hall–Kier alpha value is -0.950. The Morgan fingerprint density at radius 2 is 2.00 bits per heavy atom. The normalized spacial score (nSPS) is 11.0. The van der Waals surface area contributed by atoms with Gasteiger partial charge in [-0.05, 0) is 46.3 Å². The van der Waals surface area contributed by atoms with Gasteiger partial charge >= 0.3 is 5.97 Å². The Morgan fingerprint density at radius 1 is 1.24 bits per heavy atom. The first-order valence-electron chi connectivity index (χ1n) is 5.74. The maximum absolute atomic E-state index is 11.5. The van der Waals surface area contributed by atoms with Gasteiger partial charge in [0.15, 0.2) is 0 Å². The molecule has 0 fully saturated rings. The van der Waals surface area contributed by atoms with E-state index in [1.165, 1.54) is 11.3 Å². The topological polar surface area (TPSA) is 50.2 Å². The van der Waals surface area contributed by atoms with Gasteiger partial charge in [-0.15, -0.1) is 11.3 Å². The molecule has 1 aromatic carbocycles. The predicted octanol–water partition coefficient (Wildman–Crippen LogP) is 5.84. The molecule has 0 aliphatic carbocycles. The third-order valence-electron chi connectivity index (χ3n) is 2.89. The molecular weight excluding hydrogens is 441 g/mol. The largest absolute Gasteiger partial charge is 0.478 e. The van der Waals surface area contributed by atoms with Gasteiger partial charge in [-0.25, -0.2) is 9.78 Å². The van der Waals surface area contributed by atoms with Crippen molar-refractivity contribution in [3.05, 3.63) is 49.2 Å². The van der Waals surface area contributed by atoms with Crippen LogP contribution in [0.15, 0.2) is 39.3 Å². The van der Waals surface area contributed by atoms with Gasteiger partial charge in [0.2, 0.25) is 0 Å². The average molecular weight is 448 g/mol. The highest BCUT2D eigenvalue weighted by Crippen LogP contribution is 2.35. The smallest absolute Gasteiger partial charge is 0.336 e. The summed E-state index contributed by atoms with van der Waals surface area (Å²) in [6.07, 6.45) is 0. The molecule has 0 saturated heterocycles. The second-order valence-corrected chi connectivity index (χ2v) is 7.73. The van der Waals surface area contributed by atoms with Crippen LogP contribution in [0.5, 0.6) is 0 Å². The fourth-order valence-electron chi connectivity index (χ4n) is 2.01. The highest BCUT2D eigenvalue weighted by Gasteiger charge is 2.16. The van der Waals surface area contributed by atoms with Crippen LogP contribution in [0.1, 0.15) is 10.4 Å². The lowest BCUT2D eigenvalue weighted by molar-refractivity contribution is 0.0699. The molecule has 0 aliphatic heterocycles. The number of carboxylic acids is 1. The minimum atomic E-state index is -0.990. The predicted molar refractivity (Wildman–Crippen MR) is 92.4 cm³/mol. The standard InChI is InChI=1S/C14H6Br2ClNO2S/c15-6-3-7-8(14(19)20)5-10(11-1-2-12(17)21-11)18-13(7)9(16)4-6/h1-5H,(H,19,20). The summed E-state index contributed by atoms with van der Waals surface area (Å²) in [4.78, 5) is 16.9. The van der Waals surface area contributed by atoms with Crippen LogP contribution in [0, 0.1) is 0 Å². The summed E-state index contributed by atoms with van der Waals surface area (Å²) in [7, 11) is 0. The van der Waals surface area contributed by atoms with Crippen LogP contribution in [0.3, 0.4) is 0 Å². The van der Waals surface area contributed by atoms with Crippen molar-refractivity contribution in [1.29, 1.82) is 0 Å². The molecule has 0 saturated carbocycles. The van der Waals surface area contributed by atoms with E-state index in [9.17, 15) is 9.90 Å². The Labute approximate surface area is 145 Å². The number of thiophene rings is 1. The molecule has 7 heteroatoms. The molecule has 2 aromatic heterocycles. The van der Waals surface area contributed by atoms with Gasteiger partial charge in [0, 0.05) is 14.3 Å². The second-order valence-electron chi connectivity index (χ2n) is 4.25. The summed E-state index contributed by atoms with van der Waals surface area (Å²) in [5, 5.41) is 10.0. The maximum Gasteiger partial charge on any atom is 0.336 e. The second kappa shape index (κ2) is 5.68. The first-order chi connectivity index (χ1) is 9.95. The first kappa shape index (κ1) is 15.0. The molecule has 1 N–H and O–H groups in total. The van der Waals surface area contributed by atoms with Crippen LogP contribution in [0.2, 0.25) is 4.34 Å². The van der Waals surface area contributed by atoms with E-state index < -0.39 is 5.97 Å². The van der Waals surface area contributed by atoms with Crippen LogP contribution in [-0.4, -0.2) is 16.1 Å². The highest BCUT2D eigenvalue weighted by molar-refractivity contribution is 9.11. The number of fused-ring (bicyclic) bond motifs is 1. The molecule has 0 aliphatic rings. The summed E-state index contributed by atoms with van der Waals surface area (Å²) in [5.74, 6) is -0.990. The SMILES string of the molecule is O=C(O)c1cc(-c2ccc(Cl)s2)nc2c(Br)cc(Br)cc12. The zero-order valence-electron chi connectivity index (χ0n) is 10.2. The van der Waals surface area contributed by atoms with Crippen LogP contribution in [0.25, 0.3) is 21.5 Å². The number of rotatable bonds is 2. The molecule has 0 unspecified atom stereocenters. The summed E-state index contributed by atoms with van der Waals surface area (Å²) in [5.41, 5.74) is 1.42. The molecule has 3 nitrogen and oxygen atoms in total. The maximum atomic E-state index is 11.5. The number of halogens is 3. The molecule has 3 aromatic rings. The number of carboxylic acid groups (broad SMARTS) is 1. The van der Waals surface area contributed by atoms with Crippen molar-refractivity contribution < 1.29 is 9.90 Å². The van der Waals surface area contributed by atoms with Gasteiger partial charge in [-0.3, -0.25) is 0 Å². The van der Waals surface area contributed by atoms with E-state index >= 15 is 0 Å². The molecule has 0 amide bonds. The van der Waals surface area contributed by atoms with Crippen LogP contribution in [-0.2, 0) is 0 Å². The van der Waals surface area contributed by atoms with Crippen LogP contribution >= 0.6 is 54.8 Å². The average Bonchev–Trinajstić information content (AvgIpc) is 2.84. The molecule has 0 bridgehead atoms. The quantitative estimate of drug-likeness (QED) is 0.537. The van der Waals surface area contributed by atoms with E-state index in [1.807, 2.05) is 12.1 Å². The van der Waals surface area contributed by atoms with E-state index in [2.05, 4.69) is 36.8 Å². The molecule has 2 heterocycles. The van der Waals surface area contributed by atoms with Crippen LogP contribution < -0.4 is 0 Å². The van der Waals surface area contributed by atoms with Crippen LogP contribution in [0.4, 0.5) is 0 Å². The van der Waals surface area contributed by atoms with Gasteiger partial charge in [-0.1, -0.05) is 27.5 Å². The van der Waals surface area contributed by atoms with Crippen molar-refractivity contribution in [3.8, 4) is 10.6 Å². The molecule has 0 radical (unpaired) electrons. The Morgan fingerprint density at radius 3 is 2.62 bits per heavy atom. The van der Waals surface area contributed by atoms with E-state index in [1.54, 1.807) is 18.2 Å². The zero-order valence-corrected chi connectivity index (χ0v) is 15.0. The van der Waals surface area contributed by atoms with Crippen molar-refractivity contribution >= 4 is 71.7 Å². The fourth-order valence-corrected chi connectivity index (χ4v) is 4.32. The van der Waals surface area contributed by atoms with Gasteiger partial charge in [0.1, 0.15) is 0 Å². The van der Waals surface area contributed by atoms with Crippen molar-refractivity contribution in [1.82, 2.24) is 4.98 Å².